The van der Waals surface area contributed by atoms with Gasteiger partial charge in [-0.15, -0.1) is 0 Å². The van der Waals surface area contributed by atoms with E-state index >= 15 is 0 Å². The fourth-order valence-electron chi connectivity index (χ4n) is 1.91. The molecule has 4 nitrogen and oxygen atoms in total. The first-order valence-corrected chi connectivity index (χ1v) is 6.69. The van der Waals surface area contributed by atoms with Gasteiger partial charge in [0.2, 0.25) is 5.91 Å². The van der Waals surface area contributed by atoms with Crippen molar-refractivity contribution in [2.24, 2.45) is 0 Å². The van der Waals surface area contributed by atoms with Crippen molar-refractivity contribution in [2.45, 2.75) is 39.2 Å². The van der Waals surface area contributed by atoms with E-state index in [0.29, 0.717) is 24.5 Å². The molecule has 1 N–H and O–H groups in total. The molecular formula is C15H23NO3. The maximum Gasteiger partial charge on any atom is 0.220 e. The van der Waals surface area contributed by atoms with E-state index in [0.717, 1.165) is 24.8 Å². The second-order valence-electron chi connectivity index (χ2n) is 4.39. The summed E-state index contributed by atoms with van der Waals surface area (Å²) in [6, 6.07) is 5.65. The number of carbonyl (C=O) groups excluding carboxylic acids is 1. The molecule has 106 valence electrons. The Balaban J connectivity index is 2.55. The lowest BCUT2D eigenvalue weighted by atomic mass is 10.1. The minimum Gasteiger partial charge on any atom is -0.493 e. The molecule has 0 aromatic heterocycles. The summed E-state index contributed by atoms with van der Waals surface area (Å²) in [6.07, 6.45) is 3.74. The van der Waals surface area contributed by atoms with Gasteiger partial charge in [-0.05, 0) is 12.5 Å². The van der Waals surface area contributed by atoms with Crippen molar-refractivity contribution in [3.05, 3.63) is 23.8 Å². The zero-order valence-corrected chi connectivity index (χ0v) is 12.0. The number of hydrogen-bond donors (Lipinski definition) is 1. The molecule has 1 aromatic carbocycles. The number of carbonyl (C=O) groups is 1. The van der Waals surface area contributed by atoms with E-state index in [1.165, 1.54) is 0 Å². The Kier molecular flexibility index (Phi) is 6.79. The molecule has 1 rings (SSSR count). The Morgan fingerprint density at radius 3 is 2.63 bits per heavy atom. The van der Waals surface area contributed by atoms with Crippen LogP contribution in [0.3, 0.4) is 0 Å². The molecule has 0 saturated carbocycles. The Hall–Kier alpha value is -1.71. The molecule has 0 saturated heterocycles. The SMILES string of the molecule is CCCCCC(=O)NCc1cccc(OC)c1OC. The predicted octanol–water partition coefficient (Wildman–Crippen LogP) is 2.90. The van der Waals surface area contributed by atoms with E-state index in [9.17, 15) is 4.79 Å². The summed E-state index contributed by atoms with van der Waals surface area (Å²) >= 11 is 0. The van der Waals surface area contributed by atoms with Crippen molar-refractivity contribution in [1.29, 1.82) is 0 Å². The average Bonchev–Trinajstić information content (AvgIpc) is 2.44. The van der Waals surface area contributed by atoms with Crippen molar-refractivity contribution in [3.8, 4) is 11.5 Å². The average molecular weight is 265 g/mol. The first kappa shape index (κ1) is 15.3. The summed E-state index contributed by atoms with van der Waals surface area (Å²) in [4.78, 5) is 11.7. The van der Waals surface area contributed by atoms with Crippen molar-refractivity contribution in [3.63, 3.8) is 0 Å². The second kappa shape index (κ2) is 8.40. The number of para-hydroxylation sites is 1. The van der Waals surface area contributed by atoms with Crippen LogP contribution in [0.2, 0.25) is 0 Å². The van der Waals surface area contributed by atoms with Gasteiger partial charge in [-0.3, -0.25) is 4.79 Å². The number of unbranched alkanes of at least 4 members (excludes halogenated alkanes) is 2. The molecule has 19 heavy (non-hydrogen) atoms. The molecule has 0 bridgehead atoms. The highest BCUT2D eigenvalue weighted by Gasteiger charge is 2.10. The van der Waals surface area contributed by atoms with Gasteiger partial charge >= 0.3 is 0 Å². The summed E-state index contributed by atoms with van der Waals surface area (Å²) in [5, 5.41) is 2.91. The molecule has 1 aromatic rings. The van der Waals surface area contributed by atoms with Gasteiger partial charge in [0.15, 0.2) is 11.5 Å². The summed E-state index contributed by atoms with van der Waals surface area (Å²) < 4.78 is 10.5. The number of methoxy groups -OCH3 is 2. The largest absolute Gasteiger partial charge is 0.493 e. The number of amides is 1. The van der Waals surface area contributed by atoms with Crippen LogP contribution in [0.5, 0.6) is 11.5 Å². The zero-order chi connectivity index (χ0) is 14.1. The molecule has 1 amide bonds. The van der Waals surface area contributed by atoms with Crippen LogP contribution in [0, 0.1) is 0 Å². The Labute approximate surface area is 115 Å². The van der Waals surface area contributed by atoms with E-state index in [-0.39, 0.29) is 5.91 Å². The molecule has 0 radical (unpaired) electrons. The minimum atomic E-state index is 0.0818. The number of hydrogen-bond acceptors (Lipinski definition) is 3. The van der Waals surface area contributed by atoms with Crippen LogP contribution in [0.15, 0.2) is 18.2 Å². The van der Waals surface area contributed by atoms with Crippen LogP contribution in [-0.2, 0) is 11.3 Å². The van der Waals surface area contributed by atoms with Gasteiger partial charge in [0.1, 0.15) is 0 Å². The predicted molar refractivity (Wildman–Crippen MR) is 75.5 cm³/mol. The van der Waals surface area contributed by atoms with E-state index in [2.05, 4.69) is 12.2 Å². The maximum absolute atomic E-state index is 11.7. The van der Waals surface area contributed by atoms with Crippen LogP contribution in [0.25, 0.3) is 0 Å². The summed E-state index contributed by atoms with van der Waals surface area (Å²) in [7, 11) is 3.20. The first-order valence-electron chi connectivity index (χ1n) is 6.69. The highest BCUT2D eigenvalue weighted by molar-refractivity contribution is 5.75. The van der Waals surface area contributed by atoms with E-state index in [1.54, 1.807) is 14.2 Å². The summed E-state index contributed by atoms with van der Waals surface area (Å²) in [5.74, 6) is 1.44. The Bertz CT molecular complexity index is 404. The van der Waals surface area contributed by atoms with Crippen molar-refractivity contribution < 1.29 is 14.3 Å². The highest BCUT2D eigenvalue weighted by Crippen LogP contribution is 2.30. The van der Waals surface area contributed by atoms with Crippen LogP contribution in [0.4, 0.5) is 0 Å². The zero-order valence-electron chi connectivity index (χ0n) is 12.0. The molecule has 0 unspecified atom stereocenters. The molecule has 0 aliphatic carbocycles. The normalized spacial score (nSPS) is 10.1. The van der Waals surface area contributed by atoms with Crippen LogP contribution in [0.1, 0.15) is 38.2 Å². The Morgan fingerprint density at radius 1 is 1.21 bits per heavy atom. The first-order chi connectivity index (χ1) is 9.22. The second-order valence-corrected chi connectivity index (χ2v) is 4.39. The van der Waals surface area contributed by atoms with Gasteiger partial charge in [-0.1, -0.05) is 31.9 Å². The quantitative estimate of drug-likeness (QED) is 0.735. The third kappa shape index (κ3) is 4.81. The third-order valence-corrected chi connectivity index (χ3v) is 2.97. The highest BCUT2D eigenvalue weighted by atomic mass is 16.5. The van der Waals surface area contributed by atoms with E-state index in [4.69, 9.17) is 9.47 Å². The summed E-state index contributed by atoms with van der Waals surface area (Å²) in [5.41, 5.74) is 0.922. The van der Waals surface area contributed by atoms with Crippen molar-refractivity contribution in [2.75, 3.05) is 14.2 Å². The summed E-state index contributed by atoms with van der Waals surface area (Å²) in [6.45, 7) is 2.59. The number of ether oxygens (including phenoxy) is 2. The lowest BCUT2D eigenvalue weighted by molar-refractivity contribution is -0.121. The molecule has 0 fully saturated rings. The lowest BCUT2D eigenvalue weighted by Gasteiger charge is -2.13. The molecule has 0 heterocycles. The molecule has 0 aliphatic rings. The monoisotopic (exact) mass is 265 g/mol. The van der Waals surface area contributed by atoms with Gasteiger partial charge in [0, 0.05) is 18.5 Å². The lowest BCUT2D eigenvalue weighted by Crippen LogP contribution is -2.22. The van der Waals surface area contributed by atoms with E-state index in [1.807, 2.05) is 18.2 Å². The smallest absolute Gasteiger partial charge is 0.220 e. The van der Waals surface area contributed by atoms with Crippen LogP contribution in [-0.4, -0.2) is 20.1 Å². The van der Waals surface area contributed by atoms with Gasteiger partial charge in [0.25, 0.3) is 0 Å². The molecule has 0 atom stereocenters. The van der Waals surface area contributed by atoms with E-state index < -0.39 is 0 Å². The maximum atomic E-state index is 11.7. The number of nitrogens with one attached hydrogen (secondary N) is 1. The fraction of sp³-hybridized carbons (Fsp3) is 0.533. The third-order valence-electron chi connectivity index (χ3n) is 2.97. The topological polar surface area (TPSA) is 47.6 Å². The molecule has 0 aliphatic heterocycles. The van der Waals surface area contributed by atoms with Crippen LogP contribution >= 0.6 is 0 Å². The van der Waals surface area contributed by atoms with Crippen molar-refractivity contribution in [1.82, 2.24) is 5.32 Å². The number of rotatable bonds is 8. The van der Waals surface area contributed by atoms with Gasteiger partial charge < -0.3 is 14.8 Å². The molecule has 4 heteroatoms. The Morgan fingerprint density at radius 2 is 2.00 bits per heavy atom. The van der Waals surface area contributed by atoms with Gasteiger partial charge in [-0.2, -0.15) is 0 Å². The van der Waals surface area contributed by atoms with Gasteiger partial charge in [-0.25, -0.2) is 0 Å². The number of benzene rings is 1. The minimum absolute atomic E-state index is 0.0818. The standard InChI is InChI=1S/C15H23NO3/c1-4-5-6-10-14(17)16-11-12-8-7-9-13(18-2)15(12)19-3/h7-9H,4-6,10-11H2,1-3H3,(H,16,17). The fourth-order valence-corrected chi connectivity index (χ4v) is 1.91. The van der Waals surface area contributed by atoms with Crippen molar-refractivity contribution >= 4 is 5.91 Å². The molecule has 0 spiro atoms. The molecular weight excluding hydrogens is 242 g/mol. The van der Waals surface area contributed by atoms with Gasteiger partial charge in [0.05, 0.1) is 14.2 Å². The van der Waals surface area contributed by atoms with Crippen LogP contribution < -0.4 is 14.8 Å².